The van der Waals surface area contributed by atoms with E-state index in [0.717, 1.165) is 17.6 Å². The Hall–Kier alpha value is -3.39. The number of urea groups is 1. The second kappa shape index (κ2) is 9.23. The summed E-state index contributed by atoms with van der Waals surface area (Å²) in [5.74, 6) is -0.497. The fraction of sp³-hybridized carbons (Fsp3) is 0.360. The lowest BCUT2D eigenvalue weighted by Crippen LogP contribution is -2.45. The maximum absolute atomic E-state index is 13.9. The molecule has 2 fully saturated rings. The monoisotopic (exact) mass is 450 g/mol. The summed E-state index contributed by atoms with van der Waals surface area (Å²) >= 11 is 0. The zero-order chi connectivity index (χ0) is 23.6. The van der Waals surface area contributed by atoms with Gasteiger partial charge in [0.05, 0.1) is 6.17 Å². The quantitative estimate of drug-likeness (QED) is 0.289. The first-order valence-electron chi connectivity index (χ1n) is 11.0. The molecule has 7 nitrogen and oxygen atoms in total. The molecule has 1 aliphatic heterocycles. The van der Waals surface area contributed by atoms with Crippen molar-refractivity contribution in [3.8, 4) is 0 Å². The summed E-state index contributed by atoms with van der Waals surface area (Å²) in [7, 11) is 1.67. The third kappa shape index (κ3) is 4.43. The summed E-state index contributed by atoms with van der Waals surface area (Å²) in [6, 6.07) is 5.72. The highest BCUT2D eigenvalue weighted by Gasteiger charge is 2.55. The van der Waals surface area contributed by atoms with Crippen LogP contribution in [0.3, 0.4) is 0 Å². The lowest BCUT2D eigenvalue weighted by molar-refractivity contribution is -0.125. The van der Waals surface area contributed by atoms with E-state index in [9.17, 15) is 18.8 Å². The Morgan fingerprint density at radius 2 is 2.09 bits per heavy atom. The topological polar surface area (TPSA) is 90.9 Å². The van der Waals surface area contributed by atoms with Gasteiger partial charge in [0.15, 0.2) is 6.29 Å². The average Bonchev–Trinajstić information content (AvgIpc) is 3.28. The molecule has 2 N–H and O–H groups in total. The van der Waals surface area contributed by atoms with Crippen LogP contribution in [-0.4, -0.2) is 54.1 Å². The molecule has 1 spiro atoms. The van der Waals surface area contributed by atoms with Crippen LogP contribution in [0.1, 0.15) is 31.7 Å². The number of rotatable bonds is 7. The minimum absolute atomic E-state index is 0.0707. The Kier molecular flexibility index (Phi) is 6.37. The highest BCUT2D eigenvalue weighted by Crippen LogP contribution is 2.46. The largest absolute Gasteiger partial charge is 0.324 e. The molecule has 3 aliphatic rings. The molecule has 1 unspecified atom stereocenters. The van der Waals surface area contributed by atoms with Crippen LogP contribution in [0.25, 0.3) is 0 Å². The van der Waals surface area contributed by atoms with Crippen molar-refractivity contribution in [3.63, 3.8) is 0 Å². The van der Waals surface area contributed by atoms with Crippen LogP contribution in [0.2, 0.25) is 0 Å². The van der Waals surface area contributed by atoms with Crippen molar-refractivity contribution >= 4 is 23.9 Å². The number of nitrogens with one attached hydrogen (secondary N) is 2. The van der Waals surface area contributed by atoms with Crippen molar-refractivity contribution in [3.05, 3.63) is 71.1 Å². The van der Waals surface area contributed by atoms with E-state index in [1.54, 1.807) is 26.1 Å². The van der Waals surface area contributed by atoms with E-state index in [1.165, 1.54) is 17.0 Å². The number of fused-ring (bicyclic) bond motifs is 1. The van der Waals surface area contributed by atoms with Crippen LogP contribution in [0, 0.1) is 11.7 Å². The number of likely N-dealkylation sites (N-methyl/N-ethyl adjacent to an activating group) is 1. The number of nitrogens with zero attached hydrogens (tertiary/aromatic N) is 2. The predicted molar refractivity (Wildman–Crippen MR) is 123 cm³/mol. The van der Waals surface area contributed by atoms with Crippen LogP contribution in [0.15, 0.2) is 64.7 Å². The molecule has 0 bridgehead atoms. The molecule has 3 amide bonds. The molecule has 0 radical (unpaired) electrons. The minimum Gasteiger partial charge on any atom is -0.312 e. The number of allylic oxidation sites excluding steroid dienone is 3. The van der Waals surface area contributed by atoms with Crippen molar-refractivity contribution in [1.82, 2.24) is 15.5 Å². The van der Waals surface area contributed by atoms with Gasteiger partial charge in [-0.05, 0) is 42.5 Å². The van der Waals surface area contributed by atoms with Gasteiger partial charge in [-0.1, -0.05) is 36.4 Å². The van der Waals surface area contributed by atoms with E-state index < -0.39 is 11.4 Å². The maximum Gasteiger partial charge on any atom is 0.324 e. The molecule has 1 heterocycles. The van der Waals surface area contributed by atoms with Gasteiger partial charge < -0.3 is 4.90 Å². The molecular formula is C25H27FN4O3. The van der Waals surface area contributed by atoms with E-state index >= 15 is 0 Å². The van der Waals surface area contributed by atoms with E-state index in [4.69, 9.17) is 0 Å². The third-order valence-corrected chi connectivity index (χ3v) is 6.53. The van der Waals surface area contributed by atoms with Crippen molar-refractivity contribution in [1.29, 1.82) is 0 Å². The van der Waals surface area contributed by atoms with Gasteiger partial charge in [-0.3, -0.25) is 25.2 Å². The van der Waals surface area contributed by atoms with Crippen LogP contribution in [0.5, 0.6) is 0 Å². The number of carbonyl (C=O) groups excluding carboxylic acids is 3. The number of halogens is 1. The number of benzene rings is 1. The fourth-order valence-corrected chi connectivity index (χ4v) is 4.64. The van der Waals surface area contributed by atoms with E-state index in [0.29, 0.717) is 25.7 Å². The van der Waals surface area contributed by atoms with Crippen LogP contribution >= 0.6 is 0 Å². The highest BCUT2D eigenvalue weighted by molar-refractivity contribution is 6.36. The standard InChI is InChI=1S/C25H27FN4O3/c1-16(28-22(15-31)20-7-3-4-8-21(20)26)27-11-5-6-17-9-10-18-13-25(14-19(18)12-17)23(32)29-24(33)30(25)2/h3-8,10,12,15-17,27H,9,11,13-14H2,1-2H3,(H,29,32,33)/b6-5+,28-22+/t16-,17?,25+/m1/s1. The Balaban J connectivity index is 1.34. The number of hydrogen-bond acceptors (Lipinski definition) is 5. The van der Waals surface area contributed by atoms with Gasteiger partial charge in [-0.2, -0.15) is 0 Å². The summed E-state index contributed by atoms with van der Waals surface area (Å²) in [6.45, 7) is 2.34. The zero-order valence-corrected chi connectivity index (χ0v) is 18.7. The molecule has 1 saturated heterocycles. The van der Waals surface area contributed by atoms with Gasteiger partial charge >= 0.3 is 6.03 Å². The average molecular weight is 451 g/mol. The molecule has 33 heavy (non-hydrogen) atoms. The molecule has 172 valence electrons. The normalized spacial score (nSPS) is 25.8. The van der Waals surface area contributed by atoms with Crippen molar-refractivity contribution in [2.24, 2.45) is 10.9 Å². The molecule has 2 aliphatic carbocycles. The van der Waals surface area contributed by atoms with Crippen molar-refractivity contribution in [2.75, 3.05) is 13.6 Å². The summed E-state index contributed by atoms with van der Waals surface area (Å²) in [5.41, 5.74) is 1.73. The minimum atomic E-state index is -0.795. The zero-order valence-electron chi connectivity index (χ0n) is 18.7. The number of carbonyl (C=O) groups is 3. The molecule has 1 aromatic rings. The summed E-state index contributed by atoms with van der Waals surface area (Å²) < 4.78 is 13.9. The highest BCUT2D eigenvalue weighted by atomic mass is 19.1. The Morgan fingerprint density at radius 3 is 2.79 bits per heavy atom. The lowest BCUT2D eigenvalue weighted by Gasteiger charge is -2.26. The van der Waals surface area contributed by atoms with Gasteiger partial charge in [0.1, 0.15) is 17.1 Å². The molecule has 3 atom stereocenters. The summed E-state index contributed by atoms with van der Waals surface area (Å²) in [4.78, 5) is 41.5. The predicted octanol–water partition coefficient (Wildman–Crippen LogP) is 2.89. The smallest absolute Gasteiger partial charge is 0.312 e. The molecule has 1 aromatic carbocycles. The summed E-state index contributed by atoms with van der Waals surface area (Å²) in [6.07, 6.45) is 10.6. The Bertz CT molecular complexity index is 1110. The molecule has 0 aromatic heterocycles. The first-order valence-corrected chi connectivity index (χ1v) is 11.0. The maximum atomic E-state index is 13.9. The number of aldehydes is 1. The van der Waals surface area contributed by atoms with Gasteiger partial charge in [0.2, 0.25) is 0 Å². The van der Waals surface area contributed by atoms with E-state index in [1.807, 2.05) is 6.08 Å². The first kappa shape index (κ1) is 22.8. The number of amides is 3. The number of hydrogen-bond donors (Lipinski definition) is 2. The molecule has 4 rings (SSSR count). The molecule has 8 heteroatoms. The van der Waals surface area contributed by atoms with E-state index in [-0.39, 0.29) is 35.3 Å². The molecule has 1 saturated carbocycles. The Morgan fingerprint density at radius 1 is 1.33 bits per heavy atom. The van der Waals surface area contributed by atoms with Crippen LogP contribution < -0.4 is 10.6 Å². The van der Waals surface area contributed by atoms with Gasteiger partial charge in [0, 0.05) is 32.0 Å². The second-order valence-corrected chi connectivity index (χ2v) is 8.65. The van der Waals surface area contributed by atoms with Gasteiger partial charge in [-0.15, -0.1) is 0 Å². The second-order valence-electron chi connectivity index (χ2n) is 8.65. The van der Waals surface area contributed by atoms with E-state index in [2.05, 4.69) is 33.9 Å². The van der Waals surface area contributed by atoms with Crippen LogP contribution in [-0.2, 0) is 9.59 Å². The SMILES string of the molecule is C[C@@H](/N=C(\C=O)c1ccccc1F)NC/C=C/C1C=C2C[C@@]3(CC2=CC1)C(=O)NC(=O)N3C. The third-order valence-electron chi connectivity index (χ3n) is 6.53. The van der Waals surface area contributed by atoms with Crippen molar-refractivity contribution in [2.45, 2.75) is 37.9 Å². The first-order chi connectivity index (χ1) is 15.8. The number of imide groups is 1. The van der Waals surface area contributed by atoms with Gasteiger partial charge in [-0.25, -0.2) is 9.18 Å². The van der Waals surface area contributed by atoms with Crippen molar-refractivity contribution < 1.29 is 18.8 Å². The summed E-state index contributed by atoms with van der Waals surface area (Å²) in [5, 5.41) is 5.61. The van der Waals surface area contributed by atoms with Gasteiger partial charge in [0.25, 0.3) is 5.91 Å². The Labute approximate surface area is 192 Å². The number of aliphatic imine (C=N–C) groups is 1. The lowest BCUT2D eigenvalue weighted by atomic mass is 9.92. The fourth-order valence-electron chi connectivity index (χ4n) is 4.64. The molecular weight excluding hydrogens is 423 g/mol. The van der Waals surface area contributed by atoms with Crippen LogP contribution in [0.4, 0.5) is 9.18 Å².